The Morgan fingerprint density at radius 2 is 2.31 bits per heavy atom. The molecule has 1 atom stereocenters. The summed E-state index contributed by atoms with van der Waals surface area (Å²) in [6.07, 6.45) is 0.975. The third kappa shape index (κ3) is 1.88. The third-order valence-electron chi connectivity index (χ3n) is 2.62. The smallest absolute Gasteiger partial charge is 0.246 e. The van der Waals surface area contributed by atoms with E-state index in [2.05, 4.69) is 17.6 Å². The van der Waals surface area contributed by atoms with Gasteiger partial charge in [0.25, 0.3) is 0 Å². The van der Waals surface area contributed by atoms with Crippen molar-refractivity contribution in [3.05, 3.63) is 23.8 Å². The maximum absolute atomic E-state index is 11.6. The number of anilines is 1. The second-order valence-corrected chi connectivity index (χ2v) is 3.81. The number of ether oxygens (including phenoxy) is 1. The molecule has 0 aromatic heterocycles. The number of hydrogen-bond donors (Lipinski definition) is 2. The van der Waals surface area contributed by atoms with Crippen LogP contribution < -0.4 is 15.4 Å². The standard InChI is InChI=1S/C12H16N2O2/c1-3-6-16-8-4-5-9-10(7-8)14-12(15)11(9)13-2/h4-5,7,11,13H,3,6H2,1-2H3,(H,14,15). The zero-order chi connectivity index (χ0) is 11.5. The number of nitrogens with one attached hydrogen (secondary N) is 2. The maximum atomic E-state index is 11.6. The average molecular weight is 220 g/mol. The number of benzene rings is 1. The highest BCUT2D eigenvalue weighted by molar-refractivity contribution is 6.02. The molecule has 0 spiro atoms. The summed E-state index contributed by atoms with van der Waals surface area (Å²) in [6, 6.07) is 5.47. The van der Waals surface area contributed by atoms with Crippen LogP contribution in [0.2, 0.25) is 0 Å². The molecule has 1 amide bonds. The summed E-state index contributed by atoms with van der Waals surface area (Å²) in [5.74, 6) is 0.794. The van der Waals surface area contributed by atoms with E-state index in [4.69, 9.17) is 4.74 Å². The van der Waals surface area contributed by atoms with Gasteiger partial charge in [-0.3, -0.25) is 4.79 Å². The van der Waals surface area contributed by atoms with Gasteiger partial charge in [-0.15, -0.1) is 0 Å². The Morgan fingerprint density at radius 3 is 3.00 bits per heavy atom. The lowest BCUT2D eigenvalue weighted by Crippen LogP contribution is -2.23. The molecule has 4 heteroatoms. The van der Waals surface area contributed by atoms with Gasteiger partial charge in [-0.2, -0.15) is 0 Å². The fourth-order valence-electron chi connectivity index (χ4n) is 1.84. The highest BCUT2D eigenvalue weighted by Gasteiger charge is 2.29. The molecule has 1 heterocycles. The number of carbonyl (C=O) groups excluding carboxylic acids is 1. The predicted octanol–water partition coefficient (Wildman–Crippen LogP) is 1.69. The van der Waals surface area contributed by atoms with Crippen molar-refractivity contribution in [1.82, 2.24) is 5.32 Å². The van der Waals surface area contributed by atoms with Gasteiger partial charge in [-0.1, -0.05) is 13.0 Å². The molecule has 1 aliphatic heterocycles. The molecule has 0 radical (unpaired) electrons. The van der Waals surface area contributed by atoms with Gasteiger partial charge in [0.2, 0.25) is 5.91 Å². The lowest BCUT2D eigenvalue weighted by Gasteiger charge is -2.08. The Balaban J connectivity index is 2.22. The highest BCUT2D eigenvalue weighted by Crippen LogP contribution is 2.33. The molecule has 16 heavy (non-hydrogen) atoms. The van der Waals surface area contributed by atoms with Crippen molar-refractivity contribution in [2.75, 3.05) is 19.0 Å². The maximum Gasteiger partial charge on any atom is 0.246 e. The van der Waals surface area contributed by atoms with Gasteiger partial charge in [-0.05, 0) is 19.5 Å². The first-order valence-electron chi connectivity index (χ1n) is 5.51. The quantitative estimate of drug-likeness (QED) is 0.811. The van der Waals surface area contributed by atoms with Gasteiger partial charge in [0.15, 0.2) is 0 Å². The highest BCUT2D eigenvalue weighted by atomic mass is 16.5. The number of rotatable bonds is 4. The molecule has 0 saturated carbocycles. The van der Waals surface area contributed by atoms with Crippen LogP contribution in [-0.2, 0) is 4.79 Å². The van der Waals surface area contributed by atoms with Gasteiger partial charge in [0.05, 0.1) is 6.61 Å². The van der Waals surface area contributed by atoms with Crippen molar-refractivity contribution in [3.63, 3.8) is 0 Å². The molecular weight excluding hydrogens is 204 g/mol. The first-order chi connectivity index (χ1) is 7.76. The van der Waals surface area contributed by atoms with Gasteiger partial charge >= 0.3 is 0 Å². The first-order valence-corrected chi connectivity index (χ1v) is 5.51. The van der Waals surface area contributed by atoms with Crippen molar-refractivity contribution in [2.24, 2.45) is 0 Å². The van der Waals surface area contributed by atoms with E-state index >= 15 is 0 Å². The van der Waals surface area contributed by atoms with Crippen molar-refractivity contribution < 1.29 is 9.53 Å². The van der Waals surface area contributed by atoms with Crippen molar-refractivity contribution in [1.29, 1.82) is 0 Å². The van der Waals surface area contributed by atoms with Crippen LogP contribution in [0.4, 0.5) is 5.69 Å². The minimum atomic E-state index is -0.241. The van der Waals surface area contributed by atoms with Crippen LogP contribution in [0.5, 0.6) is 5.75 Å². The monoisotopic (exact) mass is 220 g/mol. The number of hydrogen-bond acceptors (Lipinski definition) is 3. The minimum absolute atomic E-state index is 0.00913. The molecule has 1 aliphatic rings. The van der Waals surface area contributed by atoms with Crippen molar-refractivity contribution >= 4 is 11.6 Å². The molecule has 1 aromatic carbocycles. The normalized spacial score (nSPS) is 18.1. The molecule has 4 nitrogen and oxygen atoms in total. The summed E-state index contributed by atoms with van der Waals surface area (Å²) >= 11 is 0. The van der Waals surface area contributed by atoms with Gasteiger partial charge in [0.1, 0.15) is 11.8 Å². The van der Waals surface area contributed by atoms with E-state index in [0.717, 1.165) is 23.4 Å². The molecule has 0 aliphatic carbocycles. The lowest BCUT2D eigenvalue weighted by molar-refractivity contribution is -0.117. The van der Waals surface area contributed by atoms with Crippen LogP contribution in [0.25, 0.3) is 0 Å². The van der Waals surface area contributed by atoms with E-state index in [1.165, 1.54) is 0 Å². The van der Waals surface area contributed by atoms with E-state index in [0.29, 0.717) is 6.61 Å². The number of fused-ring (bicyclic) bond motifs is 1. The van der Waals surface area contributed by atoms with Crippen molar-refractivity contribution in [2.45, 2.75) is 19.4 Å². The van der Waals surface area contributed by atoms with Gasteiger partial charge in [0, 0.05) is 17.3 Å². The Morgan fingerprint density at radius 1 is 1.50 bits per heavy atom. The molecule has 0 bridgehead atoms. The summed E-state index contributed by atoms with van der Waals surface area (Å²) in [7, 11) is 1.78. The number of carbonyl (C=O) groups is 1. The SMILES string of the molecule is CCCOc1ccc2c(c1)NC(=O)C2NC. The number of amides is 1. The largest absolute Gasteiger partial charge is 0.494 e. The minimum Gasteiger partial charge on any atom is -0.494 e. The van der Waals surface area contributed by atoms with Gasteiger partial charge < -0.3 is 15.4 Å². The topological polar surface area (TPSA) is 50.4 Å². The predicted molar refractivity (Wildman–Crippen MR) is 62.7 cm³/mol. The van der Waals surface area contributed by atoms with E-state index in [1.54, 1.807) is 7.05 Å². The molecule has 2 N–H and O–H groups in total. The molecule has 0 fully saturated rings. The Kier molecular flexibility index (Phi) is 3.10. The van der Waals surface area contributed by atoms with E-state index in [-0.39, 0.29) is 11.9 Å². The van der Waals surface area contributed by atoms with Crippen LogP contribution in [0, 0.1) is 0 Å². The molecule has 1 unspecified atom stereocenters. The molecule has 0 saturated heterocycles. The third-order valence-corrected chi connectivity index (χ3v) is 2.62. The van der Waals surface area contributed by atoms with Crippen LogP contribution in [-0.4, -0.2) is 19.6 Å². The zero-order valence-electron chi connectivity index (χ0n) is 9.54. The first kappa shape index (κ1) is 11.0. The Bertz CT molecular complexity index is 404. The van der Waals surface area contributed by atoms with Crippen LogP contribution in [0.15, 0.2) is 18.2 Å². The number of likely N-dealkylation sites (N-methyl/N-ethyl adjacent to an activating group) is 1. The molecule has 2 rings (SSSR count). The average Bonchev–Trinajstić information content (AvgIpc) is 2.60. The fourth-order valence-corrected chi connectivity index (χ4v) is 1.84. The van der Waals surface area contributed by atoms with Crippen LogP contribution in [0.3, 0.4) is 0 Å². The summed E-state index contributed by atoms with van der Waals surface area (Å²) in [5, 5.41) is 5.81. The van der Waals surface area contributed by atoms with Crippen LogP contribution in [0.1, 0.15) is 24.9 Å². The summed E-state index contributed by atoms with van der Waals surface area (Å²) in [5.41, 5.74) is 1.83. The van der Waals surface area contributed by atoms with E-state index in [1.807, 2.05) is 18.2 Å². The zero-order valence-corrected chi connectivity index (χ0v) is 9.54. The second-order valence-electron chi connectivity index (χ2n) is 3.81. The Labute approximate surface area is 95.0 Å². The molecule has 1 aromatic rings. The van der Waals surface area contributed by atoms with Gasteiger partial charge in [-0.25, -0.2) is 0 Å². The molecule has 86 valence electrons. The molecular formula is C12H16N2O2. The summed E-state index contributed by atoms with van der Waals surface area (Å²) < 4.78 is 5.51. The lowest BCUT2D eigenvalue weighted by atomic mass is 10.1. The fraction of sp³-hybridized carbons (Fsp3) is 0.417. The Hall–Kier alpha value is -1.55. The second kappa shape index (κ2) is 4.53. The van der Waals surface area contributed by atoms with Crippen molar-refractivity contribution in [3.8, 4) is 5.75 Å². The van der Waals surface area contributed by atoms with Crippen LogP contribution >= 0.6 is 0 Å². The van der Waals surface area contributed by atoms with E-state index < -0.39 is 0 Å². The summed E-state index contributed by atoms with van der Waals surface area (Å²) in [4.78, 5) is 11.6. The van der Waals surface area contributed by atoms with E-state index in [9.17, 15) is 4.79 Å². The summed E-state index contributed by atoms with van der Waals surface area (Å²) in [6.45, 7) is 2.76.